The number of fused-ring (bicyclic) bond motifs is 1. The lowest BCUT2D eigenvalue weighted by Crippen LogP contribution is -2.36. The Kier molecular flexibility index (Phi) is 6.43. The Balaban J connectivity index is 1.79. The van der Waals surface area contributed by atoms with Crippen molar-refractivity contribution in [3.63, 3.8) is 0 Å². The molecule has 0 saturated heterocycles. The van der Waals surface area contributed by atoms with Crippen LogP contribution in [-0.4, -0.2) is 25.2 Å². The summed E-state index contributed by atoms with van der Waals surface area (Å²) in [7, 11) is 1.51. The highest BCUT2D eigenvalue weighted by Crippen LogP contribution is 2.32. The SMILES string of the molecule is Cc1cc(C(O)(CC#CC#Cc2c(C(N)=O)ccn3nccc23)c2cc(F)cc(F)c2)c(=O)n(C)c1. The molecule has 0 radical (unpaired) electrons. The van der Waals surface area contributed by atoms with Gasteiger partial charge in [-0.1, -0.05) is 5.92 Å². The molecule has 1 atom stereocenters. The molecule has 0 aliphatic heterocycles. The van der Waals surface area contributed by atoms with Crippen molar-refractivity contribution in [1.82, 2.24) is 14.2 Å². The van der Waals surface area contributed by atoms with Crippen molar-refractivity contribution in [3.8, 4) is 23.7 Å². The number of halogens is 2. The van der Waals surface area contributed by atoms with Crippen LogP contribution in [0.4, 0.5) is 8.78 Å². The van der Waals surface area contributed by atoms with E-state index >= 15 is 0 Å². The lowest BCUT2D eigenvalue weighted by atomic mass is 9.83. The molecule has 0 saturated carbocycles. The number of carbonyl (C=O) groups excluding carboxylic acids is 1. The Bertz CT molecular complexity index is 1680. The van der Waals surface area contributed by atoms with Gasteiger partial charge in [0.2, 0.25) is 5.91 Å². The number of hydrogen-bond donors (Lipinski definition) is 2. The van der Waals surface area contributed by atoms with Crippen molar-refractivity contribution < 1.29 is 18.7 Å². The van der Waals surface area contributed by atoms with Crippen molar-refractivity contribution in [2.45, 2.75) is 18.9 Å². The maximum atomic E-state index is 14.0. The van der Waals surface area contributed by atoms with Crippen LogP contribution in [0.5, 0.6) is 0 Å². The van der Waals surface area contributed by atoms with Crippen LogP contribution in [0.3, 0.4) is 0 Å². The van der Waals surface area contributed by atoms with Crippen LogP contribution in [0.15, 0.2) is 59.8 Å². The smallest absolute Gasteiger partial charge is 0.256 e. The van der Waals surface area contributed by atoms with Gasteiger partial charge in [-0.3, -0.25) is 9.59 Å². The Labute approximate surface area is 204 Å². The van der Waals surface area contributed by atoms with Gasteiger partial charge in [0.15, 0.2) is 0 Å². The molecule has 0 spiro atoms. The minimum Gasteiger partial charge on any atom is -0.379 e. The second-order valence-electron chi connectivity index (χ2n) is 8.22. The summed E-state index contributed by atoms with van der Waals surface area (Å²) in [5.74, 6) is 8.17. The highest BCUT2D eigenvalue weighted by Gasteiger charge is 2.35. The summed E-state index contributed by atoms with van der Waals surface area (Å²) in [6.45, 7) is 1.72. The number of aromatic nitrogens is 3. The molecule has 7 nitrogen and oxygen atoms in total. The minimum atomic E-state index is -2.12. The minimum absolute atomic E-state index is 0.0858. The topological polar surface area (TPSA) is 103 Å². The van der Waals surface area contributed by atoms with Crippen LogP contribution in [0.25, 0.3) is 5.52 Å². The molecule has 180 valence electrons. The Morgan fingerprint density at radius 3 is 2.58 bits per heavy atom. The fraction of sp³-hybridized carbons (Fsp3) is 0.148. The number of hydrogen-bond acceptors (Lipinski definition) is 4. The number of aryl methyl sites for hydroxylation is 2. The van der Waals surface area contributed by atoms with E-state index in [1.54, 1.807) is 25.4 Å². The fourth-order valence-corrected chi connectivity index (χ4v) is 3.97. The van der Waals surface area contributed by atoms with Crippen molar-refractivity contribution in [3.05, 3.63) is 105 Å². The quantitative estimate of drug-likeness (QED) is 0.433. The second kappa shape index (κ2) is 9.49. The molecule has 9 heteroatoms. The average Bonchev–Trinajstić information content (AvgIpc) is 3.29. The zero-order valence-corrected chi connectivity index (χ0v) is 19.3. The van der Waals surface area contributed by atoms with E-state index in [4.69, 9.17) is 5.73 Å². The predicted octanol–water partition coefficient (Wildman–Crippen LogP) is 2.40. The molecule has 4 aromatic rings. The Morgan fingerprint density at radius 2 is 1.89 bits per heavy atom. The third-order valence-electron chi connectivity index (χ3n) is 5.63. The summed E-state index contributed by atoms with van der Waals surface area (Å²) in [6.07, 6.45) is 4.30. The number of nitrogens with two attached hydrogens (primary N) is 1. The molecule has 4 rings (SSSR count). The van der Waals surface area contributed by atoms with Gasteiger partial charge < -0.3 is 15.4 Å². The normalized spacial score (nSPS) is 12.2. The van der Waals surface area contributed by atoms with Gasteiger partial charge in [0, 0.05) is 31.9 Å². The standard InChI is InChI=1S/C27H20F2N4O3/c1-17-12-23(26(35)32(2)16-17)27(36,18-13-19(28)15-20(29)14-18)9-5-3-4-6-21-22(25(30)34)8-11-33-24(21)7-10-31-33/h7-8,10-16,36H,9H2,1-2H3,(H2,30,34). The molecule has 3 N–H and O–H groups in total. The summed E-state index contributed by atoms with van der Waals surface area (Å²) in [5.41, 5.74) is 4.26. The second-order valence-corrected chi connectivity index (χ2v) is 8.22. The van der Waals surface area contributed by atoms with E-state index in [9.17, 15) is 23.5 Å². The van der Waals surface area contributed by atoms with E-state index in [-0.39, 0.29) is 23.1 Å². The number of amides is 1. The van der Waals surface area contributed by atoms with E-state index in [0.29, 0.717) is 22.7 Å². The third-order valence-corrected chi connectivity index (χ3v) is 5.63. The van der Waals surface area contributed by atoms with Gasteiger partial charge in [0.05, 0.1) is 28.4 Å². The van der Waals surface area contributed by atoms with Gasteiger partial charge in [0.1, 0.15) is 17.2 Å². The zero-order valence-electron chi connectivity index (χ0n) is 19.3. The lowest BCUT2D eigenvalue weighted by molar-refractivity contribution is 0.0837. The molecule has 0 bridgehead atoms. The van der Waals surface area contributed by atoms with E-state index in [0.717, 1.165) is 12.1 Å². The molecule has 1 aromatic carbocycles. The first-order valence-corrected chi connectivity index (χ1v) is 10.7. The number of pyridine rings is 2. The monoisotopic (exact) mass is 486 g/mol. The molecule has 1 unspecified atom stereocenters. The number of nitrogens with zero attached hydrogens (tertiary/aromatic N) is 3. The van der Waals surface area contributed by atoms with Crippen LogP contribution in [0.2, 0.25) is 0 Å². The van der Waals surface area contributed by atoms with Gasteiger partial charge in [0.25, 0.3) is 5.56 Å². The molecule has 0 aliphatic carbocycles. The number of rotatable bonds is 4. The summed E-state index contributed by atoms with van der Waals surface area (Å²) in [4.78, 5) is 24.7. The van der Waals surface area contributed by atoms with Gasteiger partial charge in [-0.25, -0.2) is 13.3 Å². The summed E-state index contributed by atoms with van der Waals surface area (Å²) >= 11 is 0. The maximum absolute atomic E-state index is 14.0. The van der Waals surface area contributed by atoms with Gasteiger partial charge in [-0.15, -0.1) is 0 Å². The van der Waals surface area contributed by atoms with Gasteiger partial charge in [-0.05, 0) is 66.1 Å². The van der Waals surface area contributed by atoms with E-state index in [1.807, 2.05) is 0 Å². The van der Waals surface area contributed by atoms with Crippen LogP contribution in [0.1, 0.15) is 39.0 Å². The third kappa shape index (κ3) is 4.61. The van der Waals surface area contributed by atoms with E-state index in [1.165, 1.54) is 34.5 Å². The van der Waals surface area contributed by atoms with E-state index in [2.05, 4.69) is 28.8 Å². The highest BCUT2D eigenvalue weighted by molar-refractivity contribution is 5.97. The van der Waals surface area contributed by atoms with Crippen molar-refractivity contribution in [1.29, 1.82) is 0 Å². The molecular weight excluding hydrogens is 466 g/mol. The highest BCUT2D eigenvalue weighted by atomic mass is 19.1. The van der Waals surface area contributed by atoms with Crippen molar-refractivity contribution in [2.75, 3.05) is 0 Å². The molecule has 36 heavy (non-hydrogen) atoms. The van der Waals surface area contributed by atoms with E-state index < -0.39 is 28.7 Å². The van der Waals surface area contributed by atoms with Crippen LogP contribution in [0, 0.1) is 42.2 Å². The lowest BCUT2D eigenvalue weighted by Gasteiger charge is -2.27. The zero-order chi connectivity index (χ0) is 26.0. The maximum Gasteiger partial charge on any atom is 0.256 e. The van der Waals surface area contributed by atoms with Crippen molar-refractivity contribution in [2.24, 2.45) is 12.8 Å². The molecule has 0 fully saturated rings. The van der Waals surface area contributed by atoms with Gasteiger partial charge in [-0.2, -0.15) is 5.10 Å². The first-order chi connectivity index (χ1) is 17.1. The molecule has 1 amide bonds. The fourth-order valence-electron chi connectivity index (χ4n) is 3.97. The molecule has 3 heterocycles. The average molecular weight is 486 g/mol. The molecule has 3 aromatic heterocycles. The van der Waals surface area contributed by atoms with Crippen LogP contribution < -0.4 is 11.3 Å². The predicted molar refractivity (Wildman–Crippen MR) is 129 cm³/mol. The number of benzene rings is 1. The summed E-state index contributed by atoms with van der Waals surface area (Å²) in [5, 5.41) is 15.7. The first kappa shape index (κ1) is 24.4. The Morgan fingerprint density at radius 1 is 1.17 bits per heavy atom. The van der Waals surface area contributed by atoms with Crippen LogP contribution in [-0.2, 0) is 12.6 Å². The first-order valence-electron chi connectivity index (χ1n) is 10.7. The number of aliphatic hydroxyl groups is 1. The van der Waals surface area contributed by atoms with Crippen LogP contribution >= 0.6 is 0 Å². The number of primary amides is 1. The van der Waals surface area contributed by atoms with Crippen molar-refractivity contribution >= 4 is 11.4 Å². The largest absolute Gasteiger partial charge is 0.379 e. The number of carbonyl (C=O) groups is 1. The molecule has 0 aliphatic rings. The summed E-state index contributed by atoms with van der Waals surface area (Å²) in [6, 6.07) is 7.19. The molecular formula is C27H20F2N4O3. The van der Waals surface area contributed by atoms with Gasteiger partial charge >= 0.3 is 0 Å². The Hall–Kier alpha value is -4.73. The summed E-state index contributed by atoms with van der Waals surface area (Å²) < 4.78 is 30.9.